The van der Waals surface area contributed by atoms with Crippen molar-refractivity contribution in [3.8, 4) is 0 Å². The molecule has 0 unspecified atom stereocenters. The maximum Gasteiger partial charge on any atom is 0.262 e. The number of hydrogen-bond acceptors (Lipinski definition) is 4. The van der Waals surface area contributed by atoms with Crippen LogP contribution >= 0.6 is 11.6 Å². The number of primary sulfonamides is 1. The highest BCUT2D eigenvalue weighted by molar-refractivity contribution is 7.92. The molecule has 0 saturated carbocycles. The lowest BCUT2D eigenvalue weighted by Gasteiger charge is -2.11. The number of nitrogens with two attached hydrogens (primary N) is 1. The molecule has 0 fully saturated rings. The van der Waals surface area contributed by atoms with Crippen LogP contribution in [-0.4, -0.2) is 16.8 Å². The lowest BCUT2D eigenvalue weighted by Crippen LogP contribution is -2.15. The molecule has 118 valence electrons. The Morgan fingerprint density at radius 2 is 1.59 bits per heavy atom. The molecule has 6 nitrogen and oxygen atoms in total. The molecule has 9 heteroatoms. The molecule has 0 aliphatic carbocycles. The van der Waals surface area contributed by atoms with E-state index in [-0.39, 0.29) is 15.5 Å². The van der Waals surface area contributed by atoms with Crippen molar-refractivity contribution in [3.63, 3.8) is 0 Å². The molecule has 0 aliphatic heterocycles. The number of nitrogens with one attached hydrogen (secondary N) is 1. The van der Waals surface area contributed by atoms with E-state index in [1.54, 1.807) is 13.0 Å². The predicted octanol–water partition coefficient (Wildman–Crippen LogP) is 2.10. The first-order valence-electron chi connectivity index (χ1n) is 6.02. The number of sulfonamides is 2. The van der Waals surface area contributed by atoms with Crippen LogP contribution in [0.2, 0.25) is 5.02 Å². The van der Waals surface area contributed by atoms with Crippen LogP contribution in [0.5, 0.6) is 0 Å². The van der Waals surface area contributed by atoms with Crippen LogP contribution in [-0.2, 0) is 20.0 Å². The van der Waals surface area contributed by atoms with Gasteiger partial charge in [0.1, 0.15) is 0 Å². The van der Waals surface area contributed by atoms with Crippen molar-refractivity contribution in [2.75, 3.05) is 4.72 Å². The maximum absolute atomic E-state index is 12.3. The molecule has 2 aromatic rings. The Hall–Kier alpha value is -1.61. The Kier molecular flexibility index (Phi) is 4.48. The fourth-order valence-electron chi connectivity index (χ4n) is 1.80. The van der Waals surface area contributed by atoms with E-state index < -0.39 is 20.0 Å². The zero-order chi connectivity index (χ0) is 16.5. The third-order valence-corrected chi connectivity index (χ3v) is 5.81. The minimum absolute atomic E-state index is 0.0514. The van der Waals surface area contributed by atoms with E-state index in [4.69, 9.17) is 16.7 Å². The minimum atomic E-state index is -3.83. The van der Waals surface area contributed by atoms with Gasteiger partial charge in [-0.15, -0.1) is 0 Å². The third kappa shape index (κ3) is 3.58. The van der Waals surface area contributed by atoms with Crippen LogP contribution in [0.1, 0.15) is 5.56 Å². The molecule has 22 heavy (non-hydrogen) atoms. The third-order valence-electron chi connectivity index (χ3n) is 2.94. The first kappa shape index (κ1) is 16.8. The highest BCUT2D eigenvalue weighted by Gasteiger charge is 2.18. The highest BCUT2D eigenvalue weighted by atomic mass is 35.5. The lowest BCUT2D eigenvalue weighted by molar-refractivity contribution is 0.597. The van der Waals surface area contributed by atoms with Gasteiger partial charge in [0.2, 0.25) is 10.0 Å². The van der Waals surface area contributed by atoms with Gasteiger partial charge in [-0.2, -0.15) is 0 Å². The molecule has 0 saturated heterocycles. The summed E-state index contributed by atoms with van der Waals surface area (Å²) < 4.78 is 49.4. The molecule has 2 aromatic carbocycles. The van der Waals surface area contributed by atoms with Crippen molar-refractivity contribution in [2.45, 2.75) is 16.7 Å². The Balaban J connectivity index is 2.35. The Labute approximate surface area is 134 Å². The molecule has 3 N–H and O–H groups in total. The molecule has 0 radical (unpaired) electrons. The Morgan fingerprint density at radius 3 is 2.14 bits per heavy atom. The van der Waals surface area contributed by atoms with Crippen molar-refractivity contribution in [1.29, 1.82) is 0 Å². The van der Waals surface area contributed by atoms with Gasteiger partial charge in [0.25, 0.3) is 10.0 Å². The van der Waals surface area contributed by atoms with Crippen LogP contribution in [0.4, 0.5) is 5.69 Å². The van der Waals surface area contributed by atoms with E-state index in [0.717, 1.165) is 0 Å². The van der Waals surface area contributed by atoms with Crippen molar-refractivity contribution in [2.24, 2.45) is 5.14 Å². The van der Waals surface area contributed by atoms with E-state index in [1.807, 2.05) is 0 Å². The first-order valence-corrected chi connectivity index (χ1v) is 9.43. The van der Waals surface area contributed by atoms with Crippen molar-refractivity contribution >= 4 is 37.3 Å². The van der Waals surface area contributed by atoms with Crippen LogP contribution in [0, 0.1) is 6.92 Å². The molecule has 0 aromatic heterocycles. The van der Waals surface area contributed by atoms with Gasteiger partial charge in [-0.05, 0) is 48.9 Å². The number of hydrogen-bond donors (Lipinski definition) is 2. The quantitative estimate of drug-likeness (QED) is 0.870. The topological polar surface area (TPSA) is 106 Å². The molecule has 0 heterocycles. The molecule has 0 amide bonds. The largest absolute Gasteiger partial charge is 0.280 e. The van der Waals surface area contributed by atoms with Crippen LogP contribution < -0.4 is 9.86 Å². The average Bonchev–Trinajstić information content (AvgIpc) is 2.40. The SMILES string of the molecule is Cc1c(Cl)cccc1S(=O)(=O)Nc1ccc(S(N)(=O)=O)cc1. The molecule has 2 rings (SSSR count). The molecule has 0 bridgehead atoms. The van der Waals surface area contributed by atoms with Gasteiger partial charge in [-0.25, -0.2) is 22.0 Å². The smallest absolute Gasteiger partial charge is 0.262 e. The van der Waals surface area contributed by atoms with E-state index in [0.29, 0.717) is 10.6 Å². The minimum Gasteiger partial charge on any atom is -0.280 e. The van der Waals surface area contributed by atoms with E-state index in [2.05, 4.69) is 4.72 Å². The summed E-state index contributed by atoms with van der Waals surface area (Å²) in [5.41, 5.74) is 0.643. The normalized spacial score (nSPS) is 12.1. The van der Waals surface area contributed by atoms with Gasteiger partial charge in [0.05, 0.1) is 9.79 Å². The number of halogens is 1. The summed E-state index contributed by atoms with van der Waals surface area (Å²) in [4.78, 5) is -0.0510. The summed E-state index contributed by atoms with van der Waals surface area (Å²) >= 11 is 5.92. The number of anilines is 1. The standard InChI is InChI=1S/C13H13ClN2O4S2/c1-9-12(14)3-2-4-13(9)22(19,20)16-10-5-7-11(8-6-10)21(15,17)18/h2-8,16H,1H3,(H2,15,17,18). The fourth-order valence-corrected chi connectivity index (χ4v) is 3.87. The average molecular weight is 361 g/mol. The highest BCUT2D eigenvalue weighted by Crippen LogP contribution is 2.25. The second kappa shape index (κ2) is 5.88. The second-order valence-electron chi connectivity index (χ2n) is 4.54. The summed E-state index contributed by atoms with van der Waals surface area (Å²) in [6, 6.07) is 9.64. The van der Waals surface area contributed by atoms with Crippen LogP contribution in [0.25, 0.3) is 0 Å². The van der Waals surface area contributed by atoms with Gasteiger partial charge in [0.15, 0.2) is 0 Å². The summed E-state index contributed by atoms with van der Waals surface area (Å²) in [6.07, 6.45) is 0. The summed E-state index contributed by atoms with van der Waals surface area (Å²) in [7, 11) is -7.65. The second-order valence-corrected chi connectivity index (χ2v) is 8.16. The molecular formula is C13H13ClN2O4S2. The first-order chi connectivity index (χ1) is 10.1. The molecule has 0 atom stereocenters. The van der Waals surface area contributed by atoms with Crippen LogP contribution in [0.15, 0.2) is 52.3 Å². The van der Waals surface area contributed by atoms with Crippen molar-refractivity contribution in [3.05, 3.63) is 53.1 Å². The van der Waals surface area contributed by atoms with Gasteiger partial charge >= 0.3 is 0 Å². The Morgan fingerprint density at radius 1 is 1.00 bits per heavy atom. The molecular weight excluding hydrogens is 348 g/mol. The zero-order valence-corrected chi connectivity index (χ0v) is 13.8. The zero-order valence-electron chi connectivity index (χ0n) is 11.4. The van der Waals surface area contributed by atoms with E-state index >= 15 is 0 Å². The van der Waals surface area contributed by atoms with Crippen LogP contribution in [0.3, 0.4) is 0 Å². The van der Waals surface area contributed by atoms with Gasteiger partial charge < -0.3 is 0 Å². The number of rotatable bonds is 4. The molecule has 0 aliphatic rings. The van der Waals surface area contributed by atoms with Crippen molar-refractivity contribution < 1.29 is 16.8 Å². The fraction of sp³-hybridized carbons (Fsp3) is 0.0769. The summed E-state index contributed by atoms with van der Waals surface area (Å²) in [5, 5.41) is 5.32. The van der Waals surface area contributed by atoms with Gasteiger partial charge in [0, 0.05) is 10.7 Å². The monoisotopic (exact) mass is 360 g/mol. The van der Waals surface area contributed by atoms with Crippen molar-refractivity contribution in [1.82, 2.24) is 0 Å². The summed E-state index contributed by atoms with van der Waals surface area (Å²) in [5.74, 6) is 0. The predicted molar refractivity (Wildman–Crippen MR) is 84.8 cm³/mol. The lowest BCUT2D eigenvalue weighted by atomic mass is 10.2. The number of benzene rings is 2. The maximum atomic E-state index is 12.3. The van der Waals surface area contributed by atoms with Gasteiger partial charge in [-0.1, -0.05) is 17.7 Å². The summed E-state index contributed by atoms with van der Waals surface area (Å²) in [6.45, 7) is 1.60. The van der Waals surface area contributed by atoms with E-state index in [1.165, 1.54) is 36.4 Å². The Bertz CT molecular complexity index is 908. The molecule has 0 spiro atoms. The van der Waals surface area contributed by atoms with Gasteiger partial charge in [-0.3, -0.25) is 4.72 Å². The van der Waals surface area contributed by atoms with E-state index in [9.17, 15) is 16.8 Å².